The maximum absolute atomic E-state index is 12.3. The number of hydrogen-bond donors (Lipinski definition) is 1. The van der Waals surface area contributed by atoms with E-state index in [9.17, 15) is 9.59 Å². The Bertz CT molecular complexity index is 799. The summed E-state index contributed by atoms with van der Waals surface area (Å²) < 4.78 is 10.1. The summed E-state index contributed by atoms with van der Waals surface area (Å²) in [6.07, 6.45) is -0.629. The van der Waals surface area contributed by atoms with E-state index in [1.54, 1.807) is 20.8 Å². The van der Waals surface area contributed by atoms with Gasteiger partial charge in [-0.25, -0.2) is 9.59 Å². The standard InChI is InChI=1S/C20H23NO4/c1-13(18(22)24-5)17(21-19(23)25-20(2,3)4)16-12-8-10-14-9-6-7-11-15(14)16/h6-12,17H,1H2,2-5H3,(H,21,23). The molecule has 2 rings (SSSR count). The van der Waals surface area contributed by atoms with Crippen molar-refractivity contribution in [2.24, 2.45) is 0 Å². The predicted molar refractivity (Wildman–Crippen MR) is 97.2 cm³/mol. The maximum Gasteiger partial charge on any atom is 0.408 e. The molecule has 1 atom stereocenters. The zero-order valence-corrected chi connectivity index (χ0v) is 15.0. The summed E-state index contributed by atoms with van der Waals surface area (Å²) >= 11 is 0. The summed E-state index contributed by atoms with van der Waals surface area (Å²) in [5, 5.41) is 4.64. The maximum atomic E-state index is 12.3. The molecule has 0 saturated carbocycles. The molecule has 2 aromatic carbocycles. The van der Waals surface area contributed by atoms with Crippen LogP contribution in [0.5, 0.6) is 0 Å². The summed E-state index contributed by atoms with van der Waals surface area (Å²) in [6, 6.07) is 12.6. The largest absolute Gasteiger partial charge is 0.466 e. The van der Waals surface area contributed by atoms with Crippen LogP contribution in [0.2, 0.25) is 0 Å². The lowest BCUT2D eigenvalue weighted by molar-refractivity contribution is -0.136. The molecule has 0 bridgehead atoms. The minimum atomic E-state index is -0.756. The fraction of sp³-hybridized carbons (Fsp3) is 0.300. The third-order valence-electron chi connectivity index (χ3n) is 3.59. The molecule has 0 saturated heterocycles. The quantitative estimate of drug-likeness (QED) is 0.671. The highest BCUT2D eigenvalue weighted by molar-refractivity contribution is 5.93. The van der Waals surface area contributed by atoms with Gasteiger partial charge < -0.3 is 14.8 Å². The van der Waals surface area contributed by atoms with E-state index in [-0.39, 0.29) is 5.57 Å². The molecule has 5 nitrogen and oxygen atoms in total. The summed E-state index contributed by atoms with van der Waals surface area (Å²) in [5.41, 5.74) is 0.226. The Hall–Kier alpha value is -2.82. The number of carbonyl (C=O) groups is 2. The third-order valence-corrected chi connectivity index (χ3v) is 3.59. The first-order chi connectivity index (χ1) is 11.7. The zero-order chi connectivity index (χ0) is 18.6. The summed E-state index contributed by atoms with van der Waals surface area (Å²) in [5.74, 6) is -0.589. The number of fused-ring (bicyclic) bond motifs is 1. The first kappa shape index (κ1) is 18.5. The molecule has 0 aliphatic rings. The molecule has 0 fully saturated rings. The van der Waals surface area contributed by atoms with Crippen molar-refractivity contribution in [3.8, 4) is 0 Å². The molecular formula is C20H23NO4. The van der Waals surface area contributed by atoms with E-state index in [2.05, 4.69) is 11.9 Å². The summed E-state index contributed by atoms with van der Waals surface area (Å²) in [6.45, 7) is 9.13. The molecular weight excluding hydrogens is 318 g/mol. The number of hydrogen-bond acceptors (Lipinski definition) is 4. The molecule has 0 radical (unpaired) electrons. The highest BCUT2D eigenvalue weighted by Gasteiger charge is 2.27. The average Bonchev–Trinajstić information content (AvgIpc) is 2.56. The van der Waals surface area contributed by atoms with Gasteiger partial charge in [0.2, 0.25) is 0 Å². The molecule has 1 amide bonds. The smallest absolute Gasteiger partial charge is 0.408 e. The van der Waals surface area contributed by atoms with Crippen LogP contribution in [0, 0.1) is 0 Å². The Morgan fingerprint density at radius 1 is 1.08 bits per heavy atom. The van der Waals surface area contributed by atoms with Gasteiger partial charge in [-0.15, -0.1) is 0 Å². The van der Waals surface area contributed by atoms with Gasteiger partial charge in [0.15, 0.2) is 0 Å². The van der Waals surface area contributed by atoms with Crippen LogP contribution in [0.25, 0.3) is 10.8 Å². The normalized spacial score (nSPS) is 12.3. The summed E-state index contributed by atoms with van der Waals surface area (Å²) in [4.78, 5) is 24.3. The Labute approximate surface area is 147 Å². The van der Waals surface area contributed by atoms with Crippen molar-refractivity contribution in [2.75, 3.05) is 7.11 Å². The predicted octanol–water partition coefficient (Wildman–Crippen LogP) is 4.13. The molecule has 132 valence electrons. The van der Waals surface area contributed by atoms with Crippen molar-refractivity contribution in [1.29, 1.82) is 0 Å². The van der Waals surface area contributed by atoms with Gasteiger partial charge in [-0.2, -0.15) is 0 Å². The molecule has 0 heterocycles. The van der Waals surface area contributed by atoms with Crippen molar-refractivity contribution in [2.45, 2.75) is 32.4 Å². The monoisotopic (exact) mass is 341 g/mol. The lowest BCUT2D eigenvalue weighted by Gasteiger charge is -2.25. The fourth-order valence-electron chi connectivity index (χ4n) is 2.53. The number of rotatable bonds is 4. The van der Waals surface area contributed by atoms with Crippen LogP contribution < -0.4 is 5.32 Å². The number of carbonyl (C=O) groups excluding carboxylic acids is 2. The van der Waals surface area contributed by atoms with Crippen LogP contribution in [0.15, 0.2) is 54.6 Å². The van der Waals surface area contributed by atoms with Crippen LogP contribution in [0.1, 0.15) is 32.4 Å². The SMILES string of the molecule is C=C(C(=O)OC)C(NC(=O)OC(C)(C)C)c1cccc2ccccc12. The molecule has 1 N–H and O–H groups in total. The van der Waals surface area contributed by atoms with Crippen LogP contribution in [0.4, 0.5) is 4.79 Å². The van der Waals surface area contributed by atoms with Gasteiger partial charge in [0.1, 0.15) is 5.60 Å². The number of amides is 1. The second kappa shape index (κ2) is 7.38. The number of ether oxygens (including phenoxy) is 2. The van der Waals surface area contributed by atoms with Gasteiger partial charge in [0, 0.05) is 0 Å². The highest BCUT2D eigenvalue weighted by atomic mass is 16.6. The Morgan fingerprint density at radius 3 is 2.36 bits per heavy atom. The lowest BCUT2D eigenvalue weighted by Crippen LogP contribution is -2.36. The lowest BCUT2D eigenvalue weighted by atomic mass is 9.94. The Morgan fingerprint density at radius 2 is 1.72 bits per heavy atom. The second-order valence-electron chi connectivity index (χ2n) is 6.66. The van der Waals surface area contributed by atoms with Crippen molar-refractivity contribution >= 4 is 22.8 Å². The van der Waals surface area contributed by atoms with Crippen molar-refractivity contribution < 1.29 is 19.1 Å². The zero-order valence-electron chi connectivity index (χ0n) is 15.0. The number of benzene rings is 2. The first-order valence-corrected chi connectivity index (χ1v) is 7.97. The van der Waals surface area contributed by atoms with Gasteiger partial charge in [-0.3, -0.25) is 0 Å². The second-order valence-corrected chi connectivity index (χ2v) is 6.66. The fourth-order valence-corrected chi connectivity index (χ4v) is 2.53. The van der Waals surface area contributed by atoms with Crippen LogP contribution in [-0.4, -0.2) is 24.8 Å². The van der Waals surface area contributed by atoms with Crippen LogP contribution in [-0.2, 0) is 14.3 Å². The number of alkyl carbamates (subject to hydrolysis) is 1. The van der Waals surface area contributed by atoms with Crippen LogP contribution >= 0.6 is 0 Å². The van der Waals surface area contributed by atoms with E-state index in [1.807, 2.05) is 42.5 Å². The van der Waals surface area contributed by atoms with Gasteiger partial charge in [0.05, 0.1) is 18.7 Å². The molecule has 0 aliphatic carbocycles. The van der Waals surface area contributed by atoms with E-state index >= 15 is 0 Å². The molecule has 0 aromatic heterocycles. The van der Waals surface area contributed by atoms with Crippen molar-refractivity contribution in [3.05, 3.63) is 60.2 Å². The highest BCUT2D eigenvalue weighted by Crippen LogP contribution is 2.29. The Balaban J connectivity index is 2.45. The molecule has 25 heavy (non-hydrogen) atoms. The average molecular weight is 341 g/mol. The topological polar surface area (TPSA) is 64.6 Å². The number of nitrogens with one attached hydrogen (secondary N) is 1. The van der Waals surface area contributed by atoms with Gasteiger partial charge >= 0.3 is 12.1 Å². The van der Waals surface area contributed by atoms with Crippen molar-refractivity contribution in [1.82, 2.24) is 5.32 Å². The van der Waals surface area contributed by atoms with E-state index in [0.29, 0.717) is 0 Å². The van der Waals surface area contributed by atoms with Gasteiger partial charge in [-0.1, -0.05) is 49.0 Å². The Kier molecular flexibility index (Phi) is 5.47. The minimum absolute atomic E-state index is 0.129. The van der Waals surface area contributed by atoms with Crippen LogP contribution in [0.3, 0.4) is 0 Å². The van der Waals surface area contributed by atoms with E-state index in [4.69, 9.17) is 9.47 Å². The summed E-state index contributed by atoms with van der Waals surface area (Å²) in [7, 11) is 1.28. The molecule has 0 aliphatic heterocycles. The molecule has 2 aromatic rings. The molecule has 0 spiro atoms. The van der Waals surface area contributed by atoms with Gasteiger partial charge in [0.25, 0.3) is 0 Å². The van der Waals surface area contributed by atoms with E-state index in [1.165, 1.54) is 7.11 Å². The minimum Gasteiger partial charge on any atom is -0.466 e. The molecule has 5 heteroatoms. The first-order valence-electron chi connectivity index (χ1n) is 7.97. The van der Waals surface area contributed by atoms with Crippen molar-refractivity contribution in [3.63, 3.8) is 0 Å². The van der Waals surface area contributed by atoms with Gasteiger partial charge in [-0.05, 0) is 37.1 Å². The number of esters is 1. The van der Waals surface area contributed by atoms with E-state index in [0.717, 1.165) is 16.3 Å². The molecule has 1 unspecified atom stereocenters. The van der Waals surface area contributed by atoms with E-state index < -0.39 is 23.7 Å². The third kappa shape index (κ3) is 4.59. The number of methoxy groups -OCH3 is 1.